The minimum absolute atomic E-state index is 0. The summed E-state index contributed by atoms with van der Waals surface area (Å²) in [5.41, 5.74) is 2.72. The van der Waals surface area contributed by atoms with Crippen molar-refractivity contribution in [3.63, 3.8) is 0 Å². The van der Waals surface area contributed by atoms with Crippen molar-refractivity contribution < 1.29 is 17.1 Å². The molecule has 0 bridgehead atoms. The minimum atomic E-state index is 0. The predicted octanol–water partition coefficient (Wildman–Crippen LogP) is 2.99. The van der Waals surface area contributed by atoms with Crippen LogP contribution in [-0.4, -0.2) is 0 Å². The van der Waals surface area contributed by atoms with Gasteiger partial charge < -0.3 is 0 Å². The van der Waals surface area contributed by atoms with Crippen molar-refractivity contribution in [2.24, 2.45) is 0 Å². The van der Waals surface area contributed by atoms with Crippen LogP contribution in [0.4, 0.5) is 0 Å². The number of rotatable bonds is 2. The van der Waals surface area contributed by atoms with Gasteiger partial charge >= 0.3 is 17.1 Å². The fourth-order valence-electron chi connectivity index (χ4n) is 0.879. The molecule has 0 saturated carbocycles. The fraction of sp³-hybridized carbons (Fsp3) is 0.273. The molecule has 0 aliphatic carbocycles. The Bertz CT molecular complexity index is 232. The molecule has 0 nitrogen and oxygen atoms in total. The first-order valence-corrected chi connectivity index (χ1v) is 3.87. The zero-order valence-electron chi connectivity index (χ0n) is 7.40. The third-order valence-corrected chi connectivity index (χ3v) is 1.53. The summed E-state index contributed by atoms with van der Waals surface area (Å²) in [5, 5.41) is 0. The van der Waals surface area contributed by atoms with Crippen molar-refractivity contribution in [2.45, 2.75) is 20.3 Å². The summed E-state index contributed by atoms with van der Waals surface area (Å²) >= 11 is 0. The molecule has 1 aromatic carbocycles. The quantitative estimate of drug-likeness (QED) is 0.398. The van der Waals surface area contributed by atoms with Gasteiger partial charge in [0.15, 0.2) is 0 Å². The standard InChI is InChI=1S/C11H13.Cu/c1-10(2)8-9-11-6-4-3-5-7-11;/h4-8H,9H2,1-2H3;/q-1;+1. The van der Waals surface area contributed by atoms with Crippen molar-refractivity contribution in [1.29, 1.82) is 0 Å². The number of benzene rings is 1. The van der Waals surface area contributed by atoms with E-state index in [2.05, 4.69) is 38.1 Å². The summed E-state index contributed by atoms with van der Waals surface area (Å²) < 4.78 is 0. The van der Waals surface area contributed by atoms with E-state index in [0.717, 1.165) is 6.42 Å². The van der Waals surface area contributed by atoms with E-state index in [1.165, 1.54) is 11.1 Å². The second kappa shape index (κ2) is 6.05. The normalized spacial score (nSPS) is 8.50. The maximum absolute atomic E-state index is 3.00. The third kappa shape index (κ3) is 4.38. The fourth-order valence-corrected chi connectivity index (χ4v) is 0.879. The van der Waals surface area contributed by atoms with Crippen LogP contribution >= 0.6 is 0 Å². The van der Waals surface area contributed by atoms with Crippen molar-refractivity contribution >= 4 is 0 Å². The number of allylic oxidation sites excluding steroid dienone is 2. The summed E-state index contributed by atoms with van der Waals surface area (Å²) in [4.78, 5) is 0. The van der Waals surface area contributed by atoms with Gasteiger partial charge in [0.2, 0.25) is 0 Å². The molecule has 0 spiro atoms. The first-order valence-electron chi connectivity index (χ1n) is 3.87. The van der Waals surface area contributed by atoms with E-state index in [-0.39, 0.29) is 17.1 Å². The molecule has 0 aromatic heterocycles. The van der Waals surface area contributed by atoms with E-state index >= 15 is 0 Å². The van der Waals surface area contributed by atoms with Crippen LogP contribution in [0.1, 0.15) is 19.4 Å². The Morgan fingerprint density at radius 3 is 2.42 bits per heavy atom. The maximum Gasteiger partial charge on any atom is 1.00 e. The average molecular weight is 209 g/mol. The van der Waals surface area contributed by atoms with E-state index < -0.39 is 0 Å². The van der Waals surface area contributed by atoms with Crippen LogP contribution in [0.25, 0.3) is 0 Å². The summed E-state index contributed by atoms with van der Waals surface area (Å²) in [6, 6.07) is 11.1. The van der Waals surface area contributed by atoms with Crippen LogP contribution < -0.4 is 0 Å². The van der Waals surface area contributed by atoms with Crippen LogP contribution in [0.2, 0.25) is 0 Å². The van der Waals surface area contributed by atoms with Gasteiger partial charge in [-0.2, -0.15) is 35.9 Å². The van der Waals surface area contributed by atoms with Gasteiger partial charge in [0.25, 0.3) is 0 Å². The van der Waals surface area contributed by atoms with Crippen molar-refractivity contribution in [1.82, 2.24) is 0 Å². The molecule has 12 heavy (non-hydrogen) atoms. The predicted molar refractivity (Wildman–Crippen MR) is 48.4 cm³/mol. The van der Waals surface area contributed by atoms with Crippen LogP contribution in [-0.2, 0) is 23.5 Å². The smallest absolute Gasteiger partial charge is 0.184 e. The average Bonchev–Trinajstić information content (AvgIpc) is 2.03. The van der Waals surface area contributed by atoms with Gasteiger partial charge in [0.1, 0.15) is 0 Å². The Kier molecular flexibility index (Phi) is 5.78. The van der Waals surface area contributed by atoms with Gasteiger partial charge in [-0.05, 0) is 20.3 Å². The molecule has 0 atom stereocenters. The van der Waals surface area contributed by atoms with Crippen LogP contribution in [0.5, 0.6) is 0 Å². The van der Waals surface area contributed by atoms with E-state index in [4.69, 9.17) is 0 Å². The molecule has 0 fully saturated rings. The molecule has 0 N–H and O–H groups in total. The monoisotopic (exact) mass is 208 g/mol. The summed E-state index contributed by atoms with van der Waals surface area (Å²) in [6.45, 7) is 4.24. The Balaban J connectivity index is 0.00000121. The van der Waals surface area contributed by atoms with Gasteiger partial charge in [-0.3, -0.25) is 0 Å². The van der Waals surface area contributed by atoms with E-state index in [0.29, 0.717) is 0 Å². The second-order valence-electron chi connectivity index (χ2n) is 2.89. The molecule has 0 aliphatic rings. The minimum Gasteiger partial charge on any atom is -0.184 e. The third-order valence-electron chi connectivity index (χ3n) is 1.53. The van der Waals surface area contributed by atoms with Crippen molar-refractivity contribution in [2.75, 3.05) is 0 Å². The van der Waals surface area contributed by atoms with Crippen LogP contribution in [0, 0.1) is 6.07 Å². The molecule has 0 radical (unpaired) electrons. The SMILES string of the molecule is CC(C)=CCc1cc[c-]cc1.[Cu+]. The van der Waals surface area contributed by atoms with E-state index in [9.17, 15) is 0 Å². The first kappa shape index (κ1) is 11.5. The zero-order valence-corrected chi connectivity index (χ0v) is 8.34. The number of hydrogen-bond donors (Lipinski definition) is 0. The van der Waals surface area contributed by atoms with Gasteiger partial charge in [-0.1, -0.05) is 11.6 Å². The van der Waals surface area contributed by atoms with E-state index in [1.54, 1.807) is 0 Å². The maximum atomic E-state index is 3.00. The topological polar surface area (TPSA) is 0 Å². The second-order valence-corrected chi connectivity index (χ2v) is 2.89. The Hall–Kier alpha value is -0.521. The molecule has 0 amide bonds. The van der Waals surface area contributed by atoms with Gasteiger partial charge in [-0.15, -0.1) is 0 Å². The molecule has 1 rings (SSSR count). The Labute approximate surface area is 85.2 Å². The van der Waals surface area contributed by atoms with Crippen molar-refractivity contribution in [3.8, 4) is 0 Å². The van der Waals surface area contributed by atoms with E-state index in [1.807, 2.05) is 12.1 Å². The molecule has 0 heterocycles. The molecular formula is C11H13Cu. The first-order chi connectivity index (χ1) is 5.29. The molecule has 0 aliphatic heterocycles. The summed E-state index contributed by atoms with van der Waals surface area (Å²) in [5.74, 6) is 0. The molecular weight excluding hydrogens is 196 g/mol. The molecule has 0 unspecified atom stereocenters. The number of hydrogen-bond acceptors (Lipinski definition) is 0. The van der Waals surface area contributed by atoms with Gasteiger partial charge in [-0.25, -0.2) is 0 Å². The molecule has 68 valence electrons. The van der Waals surface area contributed by atoms with Crippen molar-refractivity contribution in [3.05, 3.63) is 47.5 Å². The molecule has 1 heteroatoms. The van der Waals surface area contributed by atoms with Crippen LogP contribution in [0.3, 0.4) is 0 Å². The van der Waals surface area contributed by atoms with Gasteiger partial charge in [0, 0.05) is 0 Å². The Morgan fingerprint density at radius 1 is 1.33 bits per heavy atom. The largest absolute Gasteiger partial charge is 1.00 e. The zero-order chi connectivity index (χ0) is 8.10. The molecule has 1 aromatic rings. The Morgan fingerprint density at radius 2 is 1.92 bits per heavy atom. The summed E-state index contributed by atoms with van der Waals surface area (Å²) in [7, 11) is 0. The molecule has 0 saturated heterocycles. The van der Waals surface area contributed by atoms with Gasteiger partial charge in [0.05, 0.1) is 0 Å². The van der Waals surface area contributed by atoms with Crippen LogP contribution in [0.15, 0.2) is 35.9 Å². The summed E-state index contributed by atoms with van der Waals surface area (Å²) in [6.07, 6.45) is 3.27.